The monoisotopic (exact) mass is 423 g/mol. The van der Waals surface area contributed by atoms with Crippen LogP contribution in [0.4, 0.5) is 0 Å². The van der Waals surface area contributed by atoms with Crippen LogP contribution in [0.1, 0.15) is 17.0 Å². The van der Waals surface area contributed by atoms with Crippen molar-refractivity contribution in [3.8, 4) is 17.6 Å². The van der Waals surface area contributed by atoms with Gasteiger partial charge in [0.1, 0.15) is 0 Å². The molecular formula is C16H10Cl5NO2. The van der Waals surface area contributed by atoms with E-state index < -0.39 is 5.92 Å². The highest BCUT2D eigenvalue weighted by molar-refractivity contribution is 6.55. The average Bonchev–Trinajstić information content (AvgIpc) is 2.61. The maximum Gasteiger partial charge on any atom is 0.161 e. The van der Waals surface area contributed by atoms with E-state index in [2.05, 4.69) is 6.07 Å². The van der Waals surface area contributed by atoms with Crippen LogP contribution in [0.2, 0.25) is 25.1 Å². The first-order valence-corrected chi connectivity index (χ1v) is 8.39. The molecule has 0 radical (unpaired) electrons. The van der Waals surface area contributed by atoms with E-state index in [4.69, 9.17) is 67.5 Å². The lowest BCUT2D eigenvalue weighted by Crippen LogP contribution is -2.03. The maximum atomic E-state index is 9.66. The van der Waals surface area contributed by atoms with Crippen LogP contribution in [0, 0.1) is 11.3 Å². The first-order chi connectivity index (χ1) is 11.4. The Labute approximate surface area is 164 Å². The summed E-state index contributed by atoms with van der Waals surface area (Å²) in [4.78, 5) is 0. The van der Waals surface area contributed by atoms with Gasteiger partial charge in [0.15, 0.2) is 11.5 Å². The summed E-state index contributed by atoms with van der Waals surface area (Å²) in [6, 6.07) is 7.20. The second-order valence-electron chi connectivity index (χ2n) is 4.66. The van der Waals surface area contributed by atoms with Crippen molar-refractivity contribution >= 4 is 58.0 Å². The summed E-state index contributed by atoms with van der Waals surface area (Å²) in [5.74, 6) is 0.174. The summed E-state index contributed by atoms with van der Waals surface area (Å²) in [5.41, 5.74) is 0.876. The van der Waals surface area contributed by atoms with Crippen molar-refractivity contribution in [1.29, 1.82) is 5.26 Å². The Hall–Kier alpha value is -1.02. The van der Waals surface area contributed by atoms with Crippen LogP contribution < -0.4 is 9.47 Å². The molecule has 0 fully saturated rings. The molecule has 0 saturated carbocycles. The average molecular weight is 426 g/mol. The number of methoxy groups -OCH3 is 2. The van der Waals surface area contributed by atoms with Gasteiger partial charge in [-0.3, -0.25) is 0 Å². The second-order valence-corrected chi connectivity index (χ2v) is 6.55. The fourth-order valence-corrected chi connectivity index (χ4v) is 3.58. The molecule has 0 amide bonds. The molecule has 1 unspecified atom stereocenters. The lowest BCUT2D eigenvalue weighted by molar-refractivity contribution is 0.354. The van der Waals surface area contributed by atoms with Crippen molar-refractivity contribution in [2.24, 2.45) is 0 Å². The Kier molecular flexibility index (Phi) is 6.36. The van der Waals surface area contributed by atoms with E-state index in [0.717, 1.165) is 0 Å². The predicted molar refractivity (Wildman–Crippen MR) is 98.5 cm³/mol. The van der Waals surface area contributed by atoms with Gasteiger partial charge in [0.25, 0.3) is 0 Å². The van der Waals surface area contributed by atoms with Gasteiger partial charge in [-0.15, -0.1) is 0 Å². The van der Waals surface area contributed by atoms with E-state index in [0.29, 0.717) is 17.1 Å². The molecule has 0 bridgehead atoms. The van der Waals surface area contributed by atoms with Gasteiger partial charge in [0.05, 0.1) is 51.3 Å². The topological polar surface area (TPSA) is 42.2 Å². The zero-order valence-corrected chi connectivity index (χ0v) is 16.2. The van der Waals surface area contributed by atoms with Crippen LogP contribution in [-0.4, -0.2) is 14.2 Å². The molecular weight excluding hydrogens is 415 g/mol. The minimum Gasteiger partial charge on any atom is -0.493 e. The maximum absolute atomic E-state index is 9.66. The lowest BCUT2D eigenvalue weighted by atomic mass is 9.92. The van der Waals surface area contributed by atoms with Crippen molar-refractivity contribution in [3.63, 3.8) is 0 Å². The van der Waals surface area contributed by atoms with Crippen molar-refractivity contribution < 1.29 is 9.47 Å². The smallest absolute Gasteiger partial charge is 0.161 e. The van der Waals surface area contributed by atoms with Gasteiger partial charge in [0.2, 0.25) is 0 Å². The third kappa shape index (κ3) is 3.35. The Morgan fingerprint density at radius 1 is 0.833 bits per heavy atom. The number of benzene rings is 2. The van der Waals surface area contributed by atoms with Crippen molar-refractivity contribution in [2.75, 3.05) is 14.2 Å². The molecule has 0 saturated heterocycles. The zero-order valence-electron chi connectivity index (χ0n) is 12.5. The molecule has 2 aromatic carbocycles. The molecule has 2 rings (SSSR count). The highest BCUT2D eigenvalue weighted by Gasteiger charge is 2.27. The lowest BCUT2D eigenvalue weighted by Gasteiger charge is -2.18. The summed E-state index contributed by atoms with van der Waals surface area (Å²) in [7, 11) is 3.02. The summed E-state index contributed by atoms with van der Waals surface area (Å²) < 4.78 is 10.5. The van der Waals surface area contributed by atoms with Crippen molar-refractivity contribution in [2.45, 2.75) is 5.92 Å². The molecule has 0 spiro atoms. The highest BCUT2D eigenvalue weighted by atomic mass is 35.5. The molecule has 0 aliphatic heterocycles. The van der Waals surface area contributed by atoms with Gasteiger partial charge in [0, 0.05) is 5.56 Å². The van der Waals surface area contributed by atoms with E-state index in [9.17, 15) is 5.26 Å². The molecule has 24 heavy (non-hydrogen) atoms. The molecule has 0 heterocycles. The van der Waals surface area contributed by atoms with Crippen LogP contribution in [0.3, 0.4) is 0 Å². The highest BCUT2D eigenvalue weighted by Crippen LogP contribution is 2.48. The van der Waals surface area contributed by atoms with E-state index >= 15 is 0 Å². The van der Waals surface area contributed by atoms with Crippen LogP contribution in [0.5, 0.6) is 11.5 Å². The normalized spacial score (nSPS) is 11.8. The van der Waals surface area contributed by atoms with Crippen molar-refractivity contribution in [3.05, 3.63) is 54.4 Å². The Morgan fingerprint density at radius 2 is 1.33 bits per heavy atom. The van der Waals surface area contributed by atoms with Crippen LogP contribution in [-0.2, 0) is 0 Å². The van der Waals surface area contributed by atoms with E-state index in [1.807, 2.05) is 0 Å². The van der Waals surface area contributed by atoms with Crippen LogP contribution >= 0.6 is 58.0 Å². The molecule has 126 valence electrons. The SMILES string of the molecule is COc1ccc(C(C#N)c2c(Cl)c(Cl)c(Cl)c(Cl)c2Cl)cc1OC. The largest absolute Gasteiger partial charge is 0.493 e. The van der Waals surface area contributed by atoms with Gasteiger partial charge in [-0.05, 0) is 17.7 Å². The number of nitrogens with zero attached hydrogens (tertiary/aromatic N) is 1. The zero-order chi connectivity index (χ0) is 18.0. The number of hydrogen-bond acceptors (Lipinski definition) is 3. The summed E-state index contributed by atoms with van der Waals surface area (Å²) >= 11 is 30.7. The summed E-state index contributed by atoms with van der Waals surface area (Å²) in [5, 5.41) is 9.96. The molecule has 3 nitrogen and oxygen atoms in total. The molecule has 8 heteroatoms. The third-order valence-corrected chi connectivity index (χ3v) is 5.71. The first-order valence-electron chi connectivity index (χ1n) is 6.50. The first kappa shape index (κ1) is 19.3. The Morgan fingerprint density at radius 3 is 1.79 bits per heavy atom. The summed E-state index contributed by atoms with van der Waals surface area (Å²) in [6.07, 6.45) is 0. The van der Waals surface area contributed by atoms with E-state index in [1.165, 1.54) is 14.2 Å². The molecule has 0 aliphatic carbocycles. The van der Waals surface area contributed by atoms with Crippen LogP contribution in [0.25, 0.3) is 0 Å². The number of ether oxygens (including phenoxy) is 2. The molecule has 0 aromatic heterocycles. The Bertz CT molecular complexity index is 803. The minimum atomic E-state index is -0.822. The second kappa shape index (κ2) is 7.91. The van der Waals surface area contributed by atoms with Gasteiger partial charge in [-0.25, -0.2) is 0 Å². The quantitative estimate of drug-likeness (QED) is 0.408. The number of halogens is 5. The molecule has 2 aromatic rings. The van der Waals surface area contributed by atoms with Gasteiger partial charge < -0.3 is 9.47 Å². The molecule has 0 aliphatic rings. The van der Waals surface area contributed by atoms with Gasteiger partial charge >= 0.3 is 0 Å². The molecule has 0 N–H and O–H groups in total. The Balaban J connectivity index is 2.69. The van der Waals surface area contributed by atoms with E-state index in [-0.39, 0.29) is 30.7 Å². The number of rotatable bonds is 4. The van der Waals surface area contributed by atoms with Crippen molar-refractivity contribution in [1.82, 2.24) is 0 Å². The summed E-state index contributed by atoms with van der Waals surface area (Å²) in [6.45, 7) is 0. The van der Waals surface area contributed by atoms with E-state index in [1.54, 1.807) is 18.2 Å². The van der Waals surface area contributed by atoms with Gasteiger partial charge in [-0.2, -0.15) is 5.26 Å². The standard InChI is InChI=1S/C16H10Cl5NO2/c1-23-9-4-3-7(5-10(9)24-2)8(6-22)11-12(17)14(19)16(21)15(20)13(11)18/h3-5,8H,1-2H3. The minimum absolute atomic E-state index is 0.0427. The van der Waals surface area contributed by atoms with Gasteiger partial charge in [-0.1, -0.05) is 64.1 Å². The number of hydrogen-bond donors (Lipinski definition) is 0. The molecule has 1 atom stereocenters. The fourth-order valence-electron chi connectivity index (χ4n) is 2.21. The predicted octanol–water partition coefficient (Wildman–Crippen LogP) is 6.63. The fraction of sp³-hybridized carbons (Fsp3) is 0.188. The van der Waals surface area contributed by atoms with Crippen LogP contribution in [0.15, 0.2) is 18.2 Å². The third-order valence-electron chi connectivity index (χ3n) is 3.40. The number of nitriles is 1.